The van der Waals surface area contributed by atoms with E-state index in [9.17, 15) is 4.39 Å². The van der Waals surface area contributed by atoms with Crippen LogP contribution in [0.15, 0.2) is 11.9 Å². The molecule has 0 saturated heterocycles. The maximum atomic E-state index is 12.2. The second-order valence-corrected chi connectivity index (χ2v) is 5.33. The molecule has 0 aromatic heterocycles. The molecule has 0 N–H and O–H groups in total. The number of allylic oxidation sites excluding steroid dienone is 2. The van der Waals surface area contributed by atoms with E-state index in [1.54, 1.807) is 6.08 Å². The van der Waals surface area contributed by atoms with Gasteiger partial charge < -0.3 is 0 Å². The minimum absolute atomic E-state index is 0.0365. The lowest BCUT2D eigenvalue weighted by Crippen LogP contribution is -1.85. The van der Waals surface area contributed by atoms with Crippen molar-refractivity contribution in [3.8, 4) is 0 Å². The molecule has 0 heterocycles. The van der Waals surface area contributed by atoms with Gasteiger partial charge in [-0.1, -0.05) is 33.6 Å². The molecule has 0 spiro atoms. The molecule has 1 atom stereocenters. The van der Waals surface area contributed by atoms with Gasteiger partial charge in [0.2, 0.25) is 0 Å². The number of unbranched alkanes of at least 4 members (excludes halogenated alkanes) is 2. The average molecular weight is 235 g/mol. The molecule has 2 heteroatoms. The van der Waals surface area contributed by atoms with E-state index in [1.807, 2.05) is 0 Å². The van der Waals surface area contributed by atoms with Crippen LogP contribution in [-0.2, 0) is 0 Å². The van der Waals surface area contributed by atoms with Crippen molar-refractivity contribution in [1.29, 1.82) is 0 Å². The first-order chi connectivity index (χ1) is 6.94. The molecule has 0 aromatic rings. The summed E-state index contributed by atoms with van der Waals surface area (Å²) in [5.41, 5.74) is 0.382. The van der Waals surface area contributed by atoms with E-state index in [-0.39, 0.29) is 5.83 Å². The zero-order chi connectivity index (χ0) is 11.9. The van der Waals surface area contributed by atoms with Gasteiger partial charge in [0, 0.05) is 5.88 Å². The summed E-state index contributed by atoms with van der Waals surface area (Å²) >= 11 is 5.38. The SMILES string of the molecule is C/C(F)=C\C1CC1(C)C.CCCCCCl. The van der Waals surface area contributed by atoms with Gasteiger partial charge in [0.15, 0.2) is 0 Å². The first kappa shape index (κ1) is 15.0. The first-order valence-electron chi connectivity index (χ1n) is 5.84. The van der Waals surface area contributed by atoms with Crippen LogP contribution in [0.1, 0.15) is 53.4 Å². The van der Waals surface area contributed by atoms with Crippen LogP contribution in [0.25, 0.3) is 0 Å². The quantitative estimate of drug-likeness (QED) is 0.456. The van der Waals surface area contributed by atoms with Crippen LogP contribution < -0.4 is 0 Å². The third-order valence-electron chi connectivity index (χ3n) is 2.76. The van der Waals surface area contributed by atoms with E-state index in [4.69, 9.17) is 11.6 Å². The lowest BCUT2D eigenvalue weighted by Gasteiger charge is -1.95. The molecule has 0 radical (unpaired) electrons. The summed E-state index contributed by atoms with van der Waals surface area (Å²) in [5.74, 6) is 1.29. The van der Waals surface area contributed by atoms with Crippen LogP contribution in [0.5, 0.6) is 0 Å². The third kappa shape index (κ3) is 7.84. The van der Waals surface area contributed by atoms with Crippen molar-refractivity contribution >= 4 is 11.6 Å². The molecule has 90 valence electrons. The van der Waals surface area contributed by atoms with Gasteiger partial charge in [0.1, 0.15) is 0 Å². The number of alkyl halides is 1. The topological polar surface area (TPSA) is 0 Å². The maximum absolute atomic E-state index is 12.2. The molecule has 1 fully saturated rings. The Hall–Kier alpha value is -0.0400. The van der Waals surface area contributed by atoms with E-state index >= 15 is 0 Å². The van der Waals surface area contributed by atoms with Crippen LogP contribution >= 0.6 is 11.6 Å². The van der Waals surface area contributed by atoms with Crippen LogP contribution in [0.4, 0.5) is 4.39 Å². The Bertz CT molecular complexity index is 189. The van der Waals surface area contributed by atoms with Crippen molar-refractivity contribution in [2.45, 2.75) is 53.4 Å². The molecule has 1 unspecified atom stereocenters. The molecule has 1 aliphatic rings. The fraction of sp³-hybridized carbons (Fsp3) is 0.846. The van der Waals surface area contributed by atoms with Crippen LogP contribution in [0.3, 0.4) is 0 Å². The minimum Gasteiger partial charge on any atom is -0.212 e. The fourth-order valence-electron chi connectivity index (χ4n) is 1.41. The molecule has 1 saturated carbocycles. The van der Waals surface area contributed by atoms with Gasteiger partial charge in [-0.3, -0.25) is 0 Å². The Morgan fingerprint density at radius 1 is 1.47 bits per heavy atom. The molecule has 0 amide bonds. The molecule has 0 nitrogen and oxygen atoms in total. The molecule has 1 rings (SSSR count). The molecular weight excluding hydrogens is 211 g/mol. The van der Waals surface area contributed by atoms with Gasteiger partial charge >= 0.3 is 0 Å². The van der Waals surface area contributed by atoms with Gasteiger partial charge in [-0.25, -0.2) is 4.39 Å². The van der Waals surface area contributed by atoms with Crippen molar-refractivity contribution in [2.24, 2.45) is 11.3 Å². The zero-order valence-electron chi connectivity index (χ0n) is 10.4. The number of rotatable bonds is 4. The lowest BCUT2D eigenvalue weighted by atomic mass is 10.1. The molecule has 0 bridgehead atoms. The summed E-state index contributed by atoms with van der Waals surface area (Å²) in [7, 11) is 0. The van der Waals surface area contributed by atoms with E-state index in [0.29, 0.717) is 11.3 Å². The predicted octanol–water partition coefficient (Wildman–Crippen LogP) is 5.32. The second kappa shape index (κ2) is 7.27. The summed E-state index contributed by atoms with van der Waals surface area (Å²) in [6.07, 6.45) is 6.60. The second-order valence-electron chi connectivity index (χ2n) is 4.95. The first-order valence-corrected chi connectivity index (χ1v) is 6.37. The Kier molecular flexibility index (Phi) is 7.25. The molecule has 15 heavy (non-hydrogen) atoms. The Morgan fingerprint density at radius 2 is 2.00 bits per heavy atom. The lowest BCUT2D eigenvalue weighted by molar-refractivity contribution is 0.585. The van der Waals surface area contributed by atoms with Gasteiger partial charge in [-0.2, -0.15) is 0 Å². The molecule has 1 aliphatic carbocycles. The normalized spacial score (nSPS) is 23.1. The Morgan fingerprint density at radius 3 is 2.13 bits per heavy atom. The van der Waals surface area contributed by atoms with Gasteiger partial charge in [0.25, 0.3) is 0 Å². The average Bonchev–Trinajstić information content (AvgIpc) is 2.70. The summed E-state index contributed by atoms with van der Waals surface area (Å²) in [5, 5.41) is 0. The van der Waals surface area contributed by atoms with E-state index in [1.165, 1.54) is 26.2 Å². The highest BCUT2D eigenvalue weighted by Gasteiger charge is 2.43. The summed E-state index contributed by atoms with van der Waals surface area (Å²) in [6, 6.07) is 0. The largest absolute Gasteiger partial charge is 0.212 e. The smallest absolute Gasteiger partial charge is 0.0931 e. The third-order valence-corrected chi connectivity index (χ3v) is 3.02. The number of hydrogen-bond donors (Lipinski definition) is 0. The highest BCUT2D eigenvalue weighted by atomic mass is 35.5. The monoisotopic (exact) mass is 234 g/mol. The van der Waals surface area contributed by atoms with E-state index in [2.05, 4.69) is 20.8 Å². The van der Waals surface area contributed by atoms with Crippen molar-refractivity contribution < 1.29 is 4.39 Å². The molecular formula is C13H24ClF. The van der Waals surface area contributed by atoms with Gasteiger partial charge in [-0.05, 0) is 37.2 Å². The van der Waals surface area contributed by atoms with Crippen LogP contribution in [0.2, 0.25) is 0 Å². The molecule has 0 aliphatic heterocycles. The van der Waals surface area contributed by atoms with Gasteiger partial charge in [0.05, 0.1) is 5.83 Å². The Balaban J connectivity index is 0.000000288. The van der Waals surface area contributed by atoms with Crippen molar-refractivity contribution in [1.82, 2.24) is 0 Å². The molecule has 0 aromatic carbocycles. The number of hydrogen-bond acceptors (Lipinski definition) is 0. The van der Waals surface area contributed by atoms with Crippen LogP contribution in [0, 0.1) is 11.3 Å². The zero-order valence-corrected chi connectivity index (χ0v) is 11.2. The number of halogens is 2. The van der Waals surface area contributed by atoms with Crippen molar-refractivity contribution in [2.75, 3.05) is 5.88 Å². The van der Waals surface area contributed by atoms with Crippen molar-refractivity contribution in [3.05, 3.63) is 11.9 Å². The predicted molar refractivity (Wildman–Crippen MR) is 67.0 cm³/mol. The Labute approximate surface area is 98.9 Å². The minimum atomic E-state index is -0.0365. The maximum Gasteiger partial charge on any atom is 0.0931 e. The fourth-order valence-corrected chi connectivity index (χ4v) is 1.60. The van der Waals surface area contributed by atoms with Crippen LogP contribution in [-0.4, -0.2) is 5.88 Å². The van der Waals surface area contributed by atoms with E-state index < -0.39 is 0 Å². The van der Waals surface area contributed by atoms with E-state index in [0.717, 1.165) is 12.3 Å². The summed E-state index contributed by atoms with van der Waals surface area (Å²) in [6.45, 7) is 8.01. The van der Waals surface area contributed by atoms with Gasteiger partial charge in [-0.15, -0.1) is 11.6 Å². The highest BCUT2D eigenvalue weighted by Crippen LogP contribution is 2.52. The summed E-state index contributed by atoms with van der Waals surface area (Å²) in [4.78, 5) is 0. The summed E-state index contributed by atoms with van der Waals surface area (Å²) < 4.78 is 12.2. The van der Waals surface area contributed by atoms with Crippen molar-refractivity contribution in [3.63, 3.8) is 0 Å². The standard InChI is InChI=1S/C8H13F.C5H11Cl/c1-6(9)4-7-5-8(7,2)3;1-2-3-4-5-6/h4,7H,5H2,1-3H3;2-5H2,1H3/b6-4+;. The highest BCUT2D eigenvalue weighted by molar-refractivity contribution is 6.17.